The zero-order chi connectivity index (χ0) is 13.0. The molecular formula is C9H19NO5S. The van der Waals surface area contributed by atoms with E-state index >= 15 is 0 Å². The molecule has 0 bridgehead atoms. The van der Waals surface area contributed by atoms with E-state index in [0.29, 0.717) is 0 Å². The first kappa shape index (κ1) is 15.3. The molecule has 0 fully saturated rings. The van der Waals surface area contributed by atoms with E-state index in [9.17, 15) is 13.2 Å². The Kier molecular flexibility index (Phi) is 5.37. The Morgan fingerprint density at radius 3 is 2.19 bits per heavy atom. The van der Waals surface area contributed by atoms with Gasteiger partial charge in [-0.3, -0.25) is 4.79 Å². The largest absolute Gasteiger partial charge is 0.480 e. The lowest BCUT2D eigenvalue weighted by Gasteiger charge is -2.20. The Bertz CT molecular complexity index is 330. The van der Waals surface area contributed by atoms with Gasteiger partial charge in [0, 0.05) is 6.61 Å². The molecule has 0 rings (SSSR count). The van der Waals surface area contributed by atoms with E-state index in [2.05, 4.69) is 4.72 Å². The number of carbonyl (C=O) groups is 1. The average Bonchev–Trinajstić information content (AvgIpc) is 1.97. The van der Waals surface area contributed by atoms with E-state index in [4.69, 9.17) is 10.2 Å². The van der Waals surface area contributed by atoms with Crippen LogP contribution in [-0.4, -0.2) is 43.0 Å². The molecule has 7 heteroatoms. The smallest absolute Gasteiger partial charge is 0.321 e. The van der Waals surface area contributed by atoms with Crippen LogP contribution in [0.2, 0.25) is 0 Å². The first-order valence-electron chi connectivity index (χ1n) is 4.91. The number of nitrogens with one attached hydrogen (secondary N) is 1. The summed E-state index contributed by atoms with van der Waals surface area (Å²) in [4.78, 5) is 10.7. The van der Waals surface area contributed by atoms with Crippen LogP contribution in [0.15, 0.2) is 0 Å². The first-order valence-corrected chi connectivity index (χ1v) is 6.56. The maximum atomic E-state index is 11.6. The van der Waals surface area contributed by atoms with Crippen LogP contribution in [0.5, 0.6) is 0 Å². The summed E-state index contributed by atoms with van der Waals surface area (Å²) in [5, 5.41) is 17.3. The van der Waals surface area contributed by atoms with Gasteiger partial charge in [-0.2, -0.15) is 0 Å². The summed E-state index contributed by atoms with van der Waals surface area (Å²) in [7, 11) is -3.65. The van der Waals surface area contributed by atoms with Crippen LogP contribution in [0.4, 0.5) is 0 Å². The van der Waals surface area contributed by atoms with E-state index in [1.807, 2.05) is 0 Å². The van der Waals surface area contributed by atoms with Crippen molar-refractivity contribution in [3.05, 3.63) is 0 Å². The quantitative estimate of drug-likeness (QED) is 0.607. The van der Waals surface area contributed by atoms with E-state index in [1.165, 1.54) is 0 Å². The van der Waals surface area contributed by atoms with Gasteiger partial charge < -0.3 is 10.2 Å². The molecule has 0 aromatic rings. The normalized spacial score (nSPS) is 14.8. The highest BCUT2D eigenvalue weighted by Gasteiger charge is 2.27. The first-order chi connectivity index (χ1) is 7.07. The van der Waals surface area contributed by atoms with Gasteiger partial charge in [0.2, 0.25) is 10.0 Å². The van der Waals surface area contributed by atoms with Gasteiger partial charge in [0.15, 0.2) is 0 Å². The van der Waals surface area contributed by atoms with Crippen LogP contribution >= 0.6 is 0 Å². The Morgan fingerprint density at radius 1 is 1.38 bits per heavy atom. The lowest BCUT2D eigenvalue weighted by Crippen LogP contribution is -2.44. The third kappa shape index (κ3) is 6.76. The average molecular weight is 253 g/mol. The molecule has 0 aliphatic heterocycles. The van der Waals surface area contributed by atoms with Crippen LogP contribution in [0.3, 0.4) is 0 Å². The van der Waals surface area contributed by atoms with Gasteiger partial charge in [-0.1, -0.05) is 20.8 Å². The summed E-state index contributed by atoms with van der Waals surface area (Å²) in [6.07, 6.45) is -0.140. The molecule has 0 heterocycles. The summed E-state index contributed by atoms with van der Waals surface area (Å²) in [6.45, 7) is 4.85. The number of aliphatic carboxylic acids is 1. The second-order valence-corrected chi connectivity index (χ2v) is 6.59. The lowest BCUT2D eigenvalue weighted by molar-refractivity contribution is -0.139. The number of hydrogen-bond acceptors (Lipinski definition) is 4. The fourth-order valence-electron chi connectivity index (χ4n) is 1.19. The Labute approximate surface area is 95.7 Å². The van der Waals surface area contributed by atoms with Gasteiger partial charge in [-0.05, 0) is 11.8 Å². The van der Waals surface area contributed by atoms with Crippen LogP contribution in [0.1, 0.15) is 27.2 Å². The molecule has 0 saturated carbocycles. The summed E-state index contributed by atoms with van der Waals surface area (Å²) < 4.78 is 25.2. The Hall–Kier alpha value is -0.660. The third-order valence-corrected chi connectivity index (χ3v) is 3.55. The van der Waals surface area contributed by atoms with E-state index in [-0.39, 0.29) is 18.8 Å². The fraction of sp³-hybridized carbons (Fsp3) is 0.889. The standard InChI is InChI=1S/C9H19NO5S/c1-9(2,3)6-16(14,15)10-7(4-5-11)8(12)13/h7,10-11H,4-6H2,1-3H3,(H,12,13)/t7-/m0/s1. The summed E-state index contributed by atoms with van der Waals surface area (Å²) in [6, 6.07) is -1.27. The number of carboxylic acid groups (broad SMARTS) is 1. The van der Waals surface area contributed by atoms with Gasteiger partial charge in [0.25, 0.3) is 0 Å². The van der Waals surface area contributed by atoms with E-state index in [1.54, 1.807) is 20.8 Å². The van der Waals surface area contributed by atoms with Gasteiger partial charge in [0.1, 0.15) is 6.04 Å². The molecule has 16 heavy (non-hydrogen) atoms. The molecule has 96 valence electrons. The molecule has 0 aromatic heterocycles. The van der Waals surface area contributed by atoms with Gasteiger partial charge in [-0.15, -0.1) is 0 Å². The second kappa shape index (κ2) is 5.60. The van der Waals surface area contributed by atoms with Crippen molar-refractivity contribution in [3.8, 4) is 0 Å². The summed E-state index contributed by atoms with van der Waals surface area (Å²) in [5.41, 5.74) is -0.450. The molecule has 6 nitrogen and oxygen atoms in total. The molecule has 0 aliphatic rings. The predicted molar refractivity (Wildman–Crippen MR) is 59.5 cm³/mol. The minimum absolute atomic E-state index is 0.140. The van der Waals surface area contributed by atoms with Crippen LogP contribution in [-0.2, 0) is 14.8 Å². The molecule has 1 atom stereocenters. The molecule has 0 aliphatic carbocycles. The van der Waals surface area contributed by atoms with Crippen molar-refractivity contribution in [2.75, 3.05) is 12.4 Å². The fourth-order valence-corrected chi connectivity index (χ4v) is 3.07. The van der Waals surface area contributed by atoms with Crippen LogP contribution < -0.4 is 4.72 Å². The Balaban J connectivity index is 4.61. The zero-order valence-electron chi connectivity index (χ0n) is 9.73. The SMILES string of the molecule is CC(C)(C)CS(=O)(=O)N[C@@H](CCO)C(=O)O. The molecule has 0 spiro atoms. The monoisotopic (exact) mass is 253 g/mol. The highest BCUT2D eigenvalue weighted by atomic mass is 32.2. The van der Waals surface area contributed by atoms with Crippen LogP contribution in [0.25, 0.3) is 0 Å². The maximum Gasteiger partial charge on any atom is 0.321 e. The minimum atomic E-state index is -3.65. The second-order valence-electron chi connectivity index (χ2n) is 4.84. The van der Waals surface area contributed by atoms with E-state index < -0.39 is 27.4 Å². The third-order valence-electron chi connectivity index (χ3n) is 1.66. The van der Waals surface area contributed by atoms with Crippen molar-refractivity contribution >= 4 is 16.0 Å². The van der Waals surface area contributed by atoms with Gasteiger partial charge in [-0.25, -0.2) is 13.1 Å². The molecule has 0 saturated heterocycles. The van der Waals surface area contributed by atoms with Gasteiger partial charge >= 0.3 is 5.97 Å². The van der Waals surface area contributed by atoms with Crippen molar-refractivity contribution in [3.63, 3.8) is 0 Å². The lowest BCUT2D eigenvalue weighted by atomic mass is 10.0. The highest BCUT2D eigenvalue weighted by Crippen LogP contribution is 2.15. The van der Waals surface area contributed by atoms with Crippen molar-refractivity contribution < 1.29 is 23.4 Å². The maximum absolute atomic E-state index is 11.6. The molecule has 0 unspecified atom stereocenters. The summed E-state index contributed by atoms with van der Waals surface area (Å²) in [5.74, 6) is -1.44. The number of carboxylic acids is 1. The molecule has 0 radical (unpaired) electrons. The zero-order valence-corrected chi connectivity index (χ0v) is 10.5. The Morgan fingerprint density at radius 2 is 1.88 bits per heavy atom. The molecular weight excluding hydrogens is 234 g/mol. The number of hydrogen-bond donors (Lipinski definition) is 3. The highest BCUT2D eigenvalue weighted by molar-refractivity contribution is 7.89. The predicted octanol–water partition coefficient (Wildman–Crippen LogP) is -0.212. The van der Waals surface area contributed by atoms with Gasteiger partial charge in [0.05, 0.1) is 5.75 Å². The number of aliphatic hydroxyl groups is 1. The van der Waals surface area contributed by atoms with Crippen LogP contribution in [0, 0.1) is 5.41 Å². The molecule has 3 N–H and O–H groups in total. The molecule has 0 amide bonds. The number of rotatable bonds is 6. The van der Waals surface area contributed by atoms with Crippen molar-refractivity contribution in [2.24, 2.45) is 5.41 Å². The summed E-state index contributed by atoms with van der Waals surface area (Å²) >= 11 is 0. The number of aliphatic hydroxyl groups excluding tert-OH is 1. The molecule has 0 aromatic carbocycles. The minimum Gasteiger partial charge on any atom is -0.480 e. The topological polar surface area (TPSA) is 104 Å². The number of sulfonamides is 1. The van der Waals surface area contributed by atoms with E-state index in [0.717, 1.165) is 0 Å². The van der Waals surface area contributed by atoms with Crippen molar-refractivity contribution in [1.82, 2.24) is 4.72 Å². The van der Waals surface area contributed by atoms with Crippen molar-refractivity contribution in [2.45, 2.75) is 33.2 Å². The van der Waals surface area contributed by atoms with Crippen molar-refractivity contribution in [1.29, 1.82) is 0 Å².